The number of methoxy groups -OCH3 is 1. The minimum Gasteiger partial charge on any atom is -0.497 e. The lowest BCUT2D eigenvalue weighted by molar-refractivity contribution is 0.0649. The number of nitrogens with one attached hydrogen (secondary N) is 2. The molecule has 3 N–H and O–H groups in total. The zero-order valence-corrected chi connectivity index (χ0v) is 15.2. The first-order valence-corrected chi connectivity index (χ1v) is 8.34. The van der Waals surface area contributed by atoms with E-state index in [1.165, 1.54) is 6.20 Å². The molecule has 0 fully saturated rings. The minimum atomic E-state index is -1.27. The number of hydrogen-bond donors (Lipinski definition) is 3. The second-order valence-corrected chi connectivity index (χ2v) is 5.87. The lowest BCUT2D eigenvalue weighted by Crippen LogP contribution is -2.32. The van der Waals surface area contributed by atoms with E-state index in [4.69, 9.17) is 9.26 Å². The van der Waals surface area contributed by atoms with Crippen LogP contribution in [0, 0.1) is 0 Å². The standard InChI is InChI=1S/C19H18N4O5/c1-11(21-19(26)22-13-4-3-9-20-10-13)15-16(23-28-17(15)18(24)25)12-5-7-14(27-2)8-6-12/h3-11H,1-2H3,(H,24,25)(H2,21,22,26). The Balaban J connectivity index is 1.87. The van der Waals surface area contributed by atoms with Gasteiger partial charge >= 0.3 is 12.0 Å². The van der Waals surface area contributed by atoms with Crippen molar-refractivity contribution < 1.29 is 24.0 Å². The number of carboxylic acid groups (broad SMARTS) is 1. The van der Waals surface area contributed by atoms with Gasteiger partial charge in [0.2, 0.25) is 5.76 Å². The molecule has 1 unspecified atom stereocenters. The summed E-state index contributed by atoms with van der Waals surface area (Å²) in [6, 6.07) is 9.07. The Morgan fingerprint density at radius 3 is 2.57 bits per heavy atom. The summed E-state index contributed by atoms with van der Waals surface area (Å²) in [6.45, 7) is 1.65. The van der Waals surface area contributed by atoms with Crippen molar-refractivity contribution in [3.05, 3.63) is 60.1 Å². The maximum atomic E-state index is 12.3. The number of carbonyl (C=O) groups is 2. The Labute approximate surface area is 160 Å². The number of carbonyl (C=O) groups excluding carboxylic acids is 1. The number of ether oxygens (including phenoxy) is 1. The Bertz CT molecular complexity index is 970. The summed E-state index contributed by atoms with van der Waals surface area (Å²) in [5.74, 6) is -0.960. The van der Waals surface area contributed by atoms with Gasteiger partial charge in [0.15, 0.2) is 0 Å². The fraction of sp³-hybridized carbons (Fsp3) is 0.158. The van der Waals surface area contributed by atoms with Crippen molar-refractivity contribution in [2.24, 2.45) is 0 Å². The molecule has 1 aromatic carbocycles. The monoisotopic (exact) mass is 382 g/mol. The van der Waals surface area contributed by atoms with Crippen LogP contribution in [0.3, 0.4) is 0 Å². The third kappa shape index (κ3) is 4.09. The lowest BCUT2D eigenvalue weighted by Gasteiger charge is -2.15. The summed E-state index contributed by atoms with van der Waals surface area (Å²) in [4.78, 5) is 27.7. The van der Waals surface area contributed by atoms with Gasteiger partial charge in [0.25, 0.3) is 0 Å². The average molecular weight is 382 g/mol. The van der Waals surface area contributed by atoms with Gasteiger partial charge in [-0.25, -0.2) is 9.59 Å². The Morgan fingerprint density at radius 1 is 1.21 bits per heavy atom. The molecule has 1 atom stereocenters. The van der Waals surface area contributed by atoms with Crippen molar-refractivity contribution in [1.29, 1.82) is 0 Å². The van der Waals surface area contributed by atoms with Crippen molar-refractivity contribution in [1.82, 2.24) is 15.5 Å². The fourth-order valence-electron chi connectivity index (χ4n) is 2.68. The van der Waals surface area contributed by atoms with Crippen LogP contribution in [0.5, 0.6) is 5.75 Å². The van der Waals surface area contributed by atoms with Crippen LogP contribution in [-0.4, -0.2) is 34.4 Å². The average Bonchev–Trinajstić information content (AvgIpc) is 3.14. The van der Waals surface area contributed by atoms with E-state index in [1.54, 1.807) is 56.6 Å². The number of nitrogens with zero attached hydrogens (tertiary/aromatic N) is 2. The van der Waals surface area contributed by atoms with Gasteiger partial charge < -0.3 is 25.0 Å². The van der Waals surface area contributed by atoms with Crippen molar-refractivity contribution in [2.45, 2.75) is 13.0 Å². The maximum absolute atomic E-state index is 12.3. The molecule has 2 amide bonds. The van der Waals surface area contributed by atoms with E-state index >= 15 is 0 Å². The highest BCUT2D eigenvalue weighted by molar-refractivity contribution is 5.91. The Kier molecular flexibility index (Phi) is 5.54. The molecule has 2 aromatic heterocycles. The third-order valence-corrected chi connectivity index (χ3v) is 3.99. The van der Waals surface area contributed by atoms with Gasteiger partial charge in [-0.1, -0.05) is 5.16 Å². The fourth-order valence-corrected chi connectivity index (χ4v) is 2.68. The van der Waals surface area contributed by atoms with Crippen LogP contribution >= 0.6 is 0 Å². The van der Waals surface area contributed by atoms with E-state index in [0.29, 0.717) is 22.7 Å². The van der Waals surface area contributed by atoms with Crippen LogP contribution in [0.25, 0.3) is 11.3 Å². The summed E-state index contributed by atoms with van der Waals surface area (Å²) < 4.78 is 10.2. The van der Waals surface area contributed by atoms with Crippen LogP contribution in [0.1, 0.15) is 29.1 Å². The molecule has 3 aromatic rings. The van der Waals surface area contributed by atoms with Gasteiger partial charge in [-0.2, -0.15) is 0 Å². The normalized spacial score (nSPS) is 11.5. The number of amides is 2. The van der Waals surface area contributed by atoms with E-state index < -0.39 is 18.0 Å². The highest BCUT2D eigenvalue weighted by atomic mass is 16.5. The summed E-state index contributed by atoms with van der Waals surface area (Å²) in [5.41, 5.74) is 1.73. The van der Waals surface area contributed by atoms with Crippen molar-refractivity contribution in [3.63, 3.8) is 0 Å². The van der Waals surface area contributed by atoms with Crippen LogP contribution in [0.4, 0.5) is 10.5 Å². The van der Waals surface area contributed by atoms with Crippen molar-refractivity contribution >= 4 is 17.7 Å². The molecular formula is C19H18N4O5. The zero-order chi connectivity index (χ0) is 20.1. The van der Waals surface area contributed by atoms with Gasteiger partial charge in [-0.3, -0.25) is 4.98 Å². The molecule has 0 aliphatic heterocycles. The quantitative estimate of drug-likeness (QED) is 0.597. The molecule has 0 spiro atoms. The van der Waals surface area contributed by atoms with Gasteiger partial charge in [0, 0.05) is 11.8 Å². The number of benzene rings is 1. The number of pyridine rings is 1. The number of carboxylic acids is 1. The van der Waals surface area contributed by atoms with Crippen LogP contribution in [0.2, 0.25) is 0 Å². The Morgan fingerprint density at radius 2 is 1.96 bits per heavy atom. The van der Waals surface area contributed by atoms with E-state index in [-0.39, 0.29) is 11.3 Å². The molecular weight excluding hydrogens is 364 g/mol. The predicted molar refractivity (Wildman–Crippen MR) is 100 cm³/mol. The number of anilines is 1. The number of aromatic carboxylic acids is 1. The molecule has 144 valence electrons. The molecule has 0 radical (unpaired) electrons. The van der Waals surface area contributed by atoms with Gasteiger partial charge in [0.05, 0.1) is 30.6 Å². The highest BCUT2D eigenvalue weighted by Gasteiger charge is 2.28. The SMILES string of the molecule is COc1ccc(-c2noc(C(=O)O)c2C(C)NC(=O)Nc2cccnc2)cc1. The van der Waals surface area contributed by atoms with Crippen LogP contribution in [0.15, 0.2) is 53.3 Å². The van der Waals surface area contributed by atoms with E-state index in [2.05, 4.69) is 20.8 Å². The van der Waals surface area contributed by atoms with Gasteiger partial charge in [0.1, 0.15) is 11.4 Å². The van der Waals surface area contributed by atoms with Crippen LogP contribution in [-0.2, 0) is 0 Å². The predicted octanol–water partition coefficient (Wildman–Crippen LogP) is 3.33. The number of rotatable bonds is 6. The first-order chi connectivity index (χ1) is 13.5. The topological polar surface area (TPSA) is 127 Å². The summed E-state index contributed by atoms with van der Waals surface area (Å²) in [7, 11) is 1.55. The number of urea groups is 1. The molecule has 0 bridgehead atoms. The van der Waals surface area contributed by atoms with E-state index in [0.717, 1.165) is 0 Å². The molecule has 2 heterocycles. The largest absolute Gasteiger partial charge is 0.497 e. The molecule has 9 heteroatoms. The van der Waals surface area contributed by atoms with Crippen LogP contribution < -0.4 is 15.4 Å². The summed E-state index contributed by atoms with van der Waals surface area (Å²) in [6.07, 6.45) is 3.08. The first kappa shape index (κ1) is 18.9. The van der Waals surface area contributed by atoms with Crippen molar-refractivity contribution in [2.75, 3.05) is 12.4 Å². The molecule has 9 nitrogen and oxygen atoms in total. The first-order valence-electron chi connectivity index (χ1n) is 8.34. The Hall–Kier alpha value is -3.88. The summed E-state index contributed by atoms with van der Waals surface area (Å²) in [5, 5.41) is 18.7. The smallest absolute Gasteiger partial charge is 0.375 e. The summed E-state index contributed by atoms with van der Waals surface area (Å²) >= 11 is 0. The second kappa shape index (κ2) is 8.21. The minimum absolute atomic E-state index is 0.263. The van der Waals surface area contributed by atoms with Gasteiger partial charge in [-0.05, 0) is 43.3 Å². The van der Waals surface area contributed by atoms with E-state index in [1.807, 2.05) is 0 Å². The number of aromatic nitrogens is 2. The van der Waals surface area contributed by atoms with E-state index in [9.17, 15) is 14.7 Å². The maximum Gasteiger partial charge on any atom is 0.375 e. The van der Waals surface area contributed by atoms with Crippen molar-refractivity contribution in [3.8, 4) is 17.0 Å². The molecule has 0 aliphatic carbocycles. The molecule has 3 rings (SSSR count). The lowest BCUT2D eigenvalue weighted by atomic mass is 10.0. The second-order valence-electron chi connectivity index (χ2n) is 5.87. The third-order valence-electron chi connectivity index (χ3n) is 3.99. The molecule has 0 saturated carbocycles. The van der Waals surface area contributed by atoms with Gasteiger partial charge in [-0.15, -0.1) is 0 Å². The molecule has 0 saturated heterocycles. The zero-order valence-electron chi connectivity index (χ0n) is 15.2. The highest BCUT2D eigenvalue weighted by Crippen LogP contribution is 2.31. The molecule has 0 aliphatic rings. The molecule has 28 heavy (non-hydrogen) atoms. The number of hydrogen-bond acceptors (Lipinski definition) is 6.